The number of nitrogens with two attached hydrogens (primary N) is 1. The fourth-order valence-corrected chi connectivity index (χ4v) is 3.04. The Balaban J connectivity index is 1.86. The third kappa shape index (κ3) is 2.63. The van der Waals surface area contributed by atoms with Crippen LogP contribution in [0.4, 0.5) is 0 Å². The van der Waals surface area contributed by atoms with E-state index in [1.54, 1.807) is 0 Å². The van der Waals surface area contributed by atoms with E-state index in [0.29, 0.717) is 12.1 Å². The smallest absolute Gasteiger partial charge is 0.237 e. The molecule has 3 N–H and O–H groups in total. The number of nitrogens with one attached hydrogen (secondary N) is 1. The minimum Gasteiger partial charge on any atom is -0.350 e. The van der Waals surface area contributed by atoms with Gasteiger partial charge in [0.2, 0.25) is 5.91 Å². The zero-order chi connectivity index (χ0) is 12.4. The first-order valence-electron chi connectivity index (χ1n) is 6.93. The molecule has 2 aliphatic heterocycles. The largest absolute Gasteiger partial charge is 0.350 e. The topological polar surface area (TPSA) is 58.4 Å². The standard InChI is InChI=1S/C13H25N3O/c1-3-9(2)12(14)13(17)15-10-6-8-16-7-4-5-11(10)16/h9-12H,3-8,14H2,1-2H3,(H,15,17)/t9?,10?,11?,12-/m0/s1. The summed E-state index contributed by atoms with van der Waals surface area (Å²) in [6.07, 6.45) is 4.54. The molecule has 2 fully saturated rings. The van der Waals surface area contributed by atoms with E-state index >= 15 is 0 Å². The van der Waals surface area contributed by atoms with Crippen molar-refractivity contribution < 1.29 is 4.79 Å². The van der Waals surface area contributed by atoms with Crippen molar-refractivity contribution in [2.45, 2.75) is 57.7 Å². The van der Waals surface area contributed by atoms with Crippen LogP contribution >= 0.6 is 0 Å². The predicted octanol–water partition coefficient (Wildman–Crippen LogP) is 0.713. The average molecular weight is 239 g/mol. The van der Waals surface area contributed by atoms with Crippen molar-refractivity contribution in [2.24, 2.45) is 11.7 Å². The molecule has 2 aliphatic rings. The lowest BCUT2D eigenvalue weighted by Gasteiger charge is -2.24. The summed E-state index contributed by atoms with van der Waals surface area (Å²) in [6.45, 7) is 6.45. The van der Waals surface area contributed by atoms with Gasteiger partial charge in [-0.25, -0.2) is 0 Å². The Bertz CT molecular complexity index is 282. The lowest BCUT2D eigenvalue weighted by molar-refractivity contribution is -0.124. The summed E-state index contributed by atoms with van der Waals surface area (Å²) in [5.74, 6) is 0.300. The van der Waals surface area contributed by atoms with Crippen LogP contribution in [0.5, 0.6) is 0 Å². The molecule has 0 saturated carbocycles. The van der Waals surface area contributed by atoms with Crippen molar-refractivity contribution in [2.75, 3.05) is 13.1 Å². The van der Waals surface area contributed by atoms with E-state index in [1.165, 1.54) is 19.4 Å². The van der Waals surface area contributed by atoms with Crippen molar-refractivity contribution in [1.82, 2.24) is 10.2 Å². The van der Waals surface area contributed by atoms with Crippen LogP contribution in [-0.2, 0) is 4.79 Å². The first kappa shape index (κ1) is 12.8. The minimum absolute atomic E-state index is 0.0399. The van der Waals surface area contributed by atoms with Crippen LogP contribution in [0.1, 0.15) is 39.5 Å². The van der Waals surface area contributed by atoms with E-state index in [-0.39, 0.29) is 17.9 Å². The van der Waals surface area contributed by atoms with Crippen LogP contribution in [0.25, 0.3) is 0 Å². The molecular weight excluding hydrogens is 214 g/mol. The quantitative estimate of drug-likeness (QED) is 0.760. The number of fused-ring (bicyclic) bond motifs is 1. The zero-order valence-electron chi connectivity index (χ0n) is 11.0. The molecule has 98 valence electrons. The third-order valence-corrected chi connectivity index (χ3v) is 4.49. The first-order chi connectivity index (χ1) is 8.13. The van der Waals surface area contributed by atoms with Crippen LogP contribution in [0.15, 0.2) is 0 Å². The highest BCUT2D eigenvalue weighted by atomic mass is 16.2. The van der Waals surface area contributed by atoms with Crippen molar-refractivity contribution >= 4 is 5.91 Å². The van der Waals surface area contributed by atoms with Gasteiger partial charge in [0, 0.05) is 18.6 Å². The van der Waals surface area contributed by atoms with E-state index in [1.807, 2.05) is 6.92 Å². The maximum absolute atomic E-state index is 12.0. The second kappa shape index (κ2) is 5.36. The van der Waals surface area contributed by atoms with Gasteiger partial charge in [-0.05, 0) is 31.7 Å². The Hall–Kier alpha value is -0.610. The Labute approximate surface area is 104 Å². The van der Waals surface area contributed by atoms with Gasteiger partial charge in [-0.15, -0.1) is 0 Å². The molecule has 4 heteroatoms. The lowest BCUT2D eigenvalue weighted by atomic mass is 9.98. The summed E-state index contributed by atoms with van der Waals surface area (Å²) in [6, 6.07) is 0.554. The highest BCUT2D eigenvalue weighted by Gasteiger charge is 2.38. The number of carbonyl (C=O) groups is 1. The SMILES string of the molecule is CCC(C)[C@H](N)C(=O)NC1CCN2CCCC12. The highest BCUT2D eigenvalue weighted by molar-refractivity contribution is 5.82. The first-order valence-corrected chi connectivity index (χ1v) is 6.93. The van der Waals surface area contributed by atoms with Gasteiger partial charge < -0.3 is 11.1 Å². The fraction of sp³-hybridized carbons (Fsp3) is 0.923. The Morgan fingerprint density at radius 2 is 2.24 bits per heavy atom. The van der Waals surface area contributed by atoms with Crippen molar-refractivity contribution in [3.05, 3.63) is 0 Å². The van der Waals surface area contributed by atoms with Gasteiger partial charge in [0.05, 0.1) is 6.04 Å². The predicted molar refractivity (Wildman–Crippen MR) is 68.6 cm³/mol. The van der Waals surface area contributed by atoms with Crippen molar-refractivity contribution in [3.63, 3.8) is 0 Å². The summed E-state index contributed by atoms with van der Waals surface area (Å²) in [5.41, 5.74) is 5.96. The van der Waals surface area contributed by atoms with E-state index in [9.17, 15) is 4.79 Å². The van der Waals surface area contributed by atoms with Crippen LogP contribution in [-0.4, -0.2) is 42.0 Å². The maximum Gasteiger partial charge on any atom is 0.237 e. The van der Waals surface area contributed by atoms with Gasteiger partial charge in [0.25, 0.3) is 0 Å². The molecule has 2 saturated heterocycles. The van der Waals surface area contributed by atoms with Crippen LogP contribution in [0.3, 0.4) is 0 Å². The number of amides is 1. The van der Waals surface area contributed by atoms with Crippen molar-refractivity contribution in [3.8, 4) is 0 Å². The van der Waals surface area contributed by atoms with E-state index in [2.05, 4.69) is 17.1 Å². The second-order valence-corrected chi connectivity index (χ2v) is 5.56. The number of hydrogen-bond donors (Lipinski definition) is 2. The van der Waals surface area contributed by atoms with Gasteiger partial charge in [0.15, 0.2) is 0 Å². The van der Waals surface area contributed by atoms with Gasteiger partial charge in [-0.3, -0.25) is 9.69 Å². The molecule has 0 bridgehead atoms. The molecule has 0 radical (unpaired) electrons. The zero-order valence-corrected chi connectivity index (χ0v) is 11.0. The Morgan fingerprint density at radius 3 is 2.94 bits per heavy atom. The molecule has 0 aromatic heterocycles. The molecule has 2 heterocycles. The molecule has 3 unspecified atom stereocenters. The van der Waals surface area contributed by atoms with Crippen LogP contribution < -0.4 is 11.1 Å². The molecule has 1 amide bonds. The lowest BCUT2D eigenvalue weighted by Crippen LogP contribution is -2.51. The molecule has 2 rings (SSSR count). The van der Waals surface area contributed by atoms with Gasteiger partial charge >= 0.3 is 0 Å². The Kier molecular flexibility index (Phi) is 4.05. The number of nitrogens with zero attached hydrogens (tertiary/aromatic N) is 1. The summed E-state index contributed by atoms with van der Waals surface area (Å²) < 4.78 is 0. The number of carbonyl (C=O) groups excluding carboxylic acids is 1. The summed E-state index contributed by atoms with van der Waals surface area (Å²) >= 11 is 0. The minimum atomic E-state index is -0.351. The summed E-state index contributed by atoms with van der Waals surface area (Å²) in [4.78, 5) is 14.5. The van der Waals surface area contributed by atoms with Gasteiger partial charge in [0.1, 0.15) is 0 Å². The summed E-state index contributed by atoms with van der Waals surface area (Å²) in [5, 5.41) is 3.16. The molecule has 4 atom stereocenters. The van der Waals surface area contributed by atoms with Crippen LogP contribution in [0, 0.1) is 5.92 Å². The molecule has 4 nitrogen and oxygen atoms in total. The molecule has 0 aromatic rings. The van der Waals surface area contributed by atoms with E-state index < -0.39 is 0 Å². The molecular formula is C13H25N3O. The summed E-state index contributed by atoms with van der Waals surface area (Å²) in [7, 11) is 0. The third-order valence-electron chi connectivity index (χ3n) is 4.49. The normalized spacial score (nSPS) is 32.2. The molecule has 0 aliphatic carbocycles. The maximum atomic E-state index is 12.0. The Morgan fingerprint density at radius 1 is 1.47 bits per heavy atom. The van der Waals surface area contributed by atoms with Gasteiger partial charge in [-0.1, -0.05) is 20.3 Å². The highest BCUT2D eigenvalue weighted by Crippen LogP contribution is 2.27. The fourth-order valence-electron chi connectivity index (χ4n) is 3.04. The van der Waals surface area contributed by atoms with E-state index in [4.69, 9.17) is 5.73 Å². The average Bonchev–Trinajstić information content (AvgIpc) is 2.91. The van der Waals surface area contributed by atoms with E-state index in [0.717, 1.165) is 19.4 Å². The van der Waals surface area contributed by atoms with Gasteiger partial charge in [-0.2, -0.15) is 0 Å². The second-order valence-electron chi connectivity index (χ2n) is 5.56. The van der Waals surface area contributed by atoms with Crippen molar-refractivity contribution in [1.29, 1.82) is 0 Å². The number of hydrogen-bond acceptors (Lipinski definition) is 3. The molecule has 0 aromatic carbocycles. The number of rotatable bonds is 4. The molecule has 0 spiro atoms. The molecule has 17 heavy (non-hydrogen) atoms. The monoisotopic (exact) mass is 239 g/mol. The van der Waals surface area contributed by atoms with Crippen LogP contribution in [0.2, 0.25) is 0 Å².